The quantitative estimate of drug-likeness (QED) is 0.691. The predicted octanol–water partition coefficient (Wildman–Crippen LogP) is 3.78. The fraction of sp³-hybridized carbons (Fsp3) is 1.00. The van der Waals surface area contributed by atoms with Crippen LogP contribution in [0.5, 0.6) is 0 Å². The summed E-state index contributed by atoms with van der Waals surface area (Å²) in [5, 5.41) is 0. The molecule has 0 aliphatic rings. The van der Waals surface area contributed by atoms with Gasteiger partial charge in [0.25, 0.3) is 0 Å². The van der Waals surface area contributed by atoms with Crippen molar-refractivity contribution in [2.45, 2.75) is 52.8 Å². The third-order valence-corrected chi connectivity index (χ3v) is 2.57. The topological polar surface area (TPSA) is 9.23 Å². The van der Waals surface area contributed by atoms with Gasteiger partial charge in [0.1, 0.15) is 0 Å². The summed E-state index contributed by atoms with van der Waals surface area (Å²) in [4.78, 5) is 0. The van der Waals surface area contributed by atoms with Crippen LogP contribution >= 0.6 is 0 Å². The average Bonchev–Trinajstić information content (AvgIpc) is 1.95. The van der Waals surface area contributed by atoms with Crippen molar-refractivity contribution < 1.29 is 17.9 Å². The fourth-order valence-corrected chi connectivity index (χ4v) is 1.03. The van der Waals surface area contributed by atoms with Gasteiger partial charge < -0.3 is 4.74 Å². The molecular formula is C10H19F3O. The Bertz CT molecular complexity index is 165. The van der Waals surface area contributed by atoms with Gasteiger partial charge in [0.2, 0.25) is 0 Å². The average molecular weight is 212 g/mol. The summed E-state index contributed by atoms with van der Waals surface area (Å²) in [7, 11) is 0. The van der Waals surface area contributed by atoms with Gasteiger partial charge in [-0.25, -0.2) is 0 Å². The molecule has 0 aliphatic carbocycles. The van der Waals surface area contributed by atoms with E-state index in [4.69, 9.17) is 4.74 Å². The van der Waals surface area contributed by atoms with E-state index >= 15 is 0 Å². The first kappa shape index (κ1) is 13.8. The molecule has 1 nitrogen and oxygen atoms in total. The minimum atomic E-state index is -4.33. The van der Waals surface area contributed by atoms with Gasteiger partial charge in [-0.1, -0.05) is 27.7 Å². The molecule has 0 N–H and O–H groups in total. The van der Waals surface area contributed by atoms with Gasteiger partial charge >= 0.3 is 6.18 Å². The van der Waals surface area contributed by atoms with Crippen LogP contribution in [-0.2, 0) is 4.74 Å². The SMILES string of the molecule is CCCOC(C)(C(C)(C)C)C(F)(F)F. The predicted molar refractivity (Wildman–Crippen MR) is 50.2 cm³/mol. The van der Waals surface area contributed by atoms with Crippen molar-refractivity contribution in [2.75, 3.05) is 6.61 Å². The van der Waals surface area contributed by atoms with E-state index in [0.29, 0.717) is 6.42 Å². The molecule has 0 aliphatic heterocycles. The maximum atomic E-state index is 12.8. The van der Waals surface area contributed by atoms with Crippen molar-refractivity contribution in [3.05, 3.63) is 0 Å². The zero-order valence-corrected chi connectivity index (χ0v) is 9.46. The second kappa shape index (κ2) is 4.09. The van der Waals surface area contributed by atoms with E-state index in [2.05, 4.69) is 0 Å². The van der Waals surface area contributed by atoms with Crippen LogP contribution in [0.25, 0.3) is 0 Å². The van der Waals surface area contributed by atoms with E-state index in [-0.39, 0.29) is 6.61 Å². The monoisotopic (exact) mass is 212 g/mol. The highest BCUT2D eigenvalue weighted by Crippen LogP contribution is 2.45. The van der Waals surface area contributed by atoms with Crippen molar-refractivity contribution in [3.63, 3.8) is 0 Å². The number of rotatable bonds is 3. The van der Waals surface area contributed by atoms with Gasteiger partial charge in [0.15, 0.2) is 5.60 Å². The molecule has 0 aromatic rings. The molecule has 0 heterocycles. The van der Waals surface area contributed by atoms with Gasteiger partial charge in [-0.2, -0.15) is 13.2 Å². The molecular weight excluding hydrogens is 193 g/mol. The molecule has 0 saturated heterocycles. The first-order valence-electron chi connectivity index (χ1n) is 4.77. The van der Waals surface area contributed by atoms with Gasteiger partial charge in [-0.15, -0.1) is 0 Å². The maximum Gasteiger partial charge on any atom is 0.417 e. The van der Waals surface area contributed by atoms with Crippen LogP contribution in [0.1, 0.15) is 41.0 Å². The molecule has 4 heteroatoms. The first-order valence-corrected chi connectivity index (χ1v) is 4.77. The Hall–Kier alpha value is -0.250. The third-order valence-electron chi connectivity index (χ3n) is 2.57. The lowest BCUT2D eigenvalue weighted by atomic mass is 9.77. The molecule has 0 bridgehead atoms. The van der Waals surface area contributed by atoms with Crippen LogP contribution in [0, 0.1) is 5.41 Å². The highest BCUT2D eigenvalue weighted by molar-refractivity contribution is 4.94. The molecule has 0 spiro atoms. The molecule has 0 fully saturated rings. The Morgan fingerprint density at radius 2 is 1.43 bits per heavy atom. The largest absolute Gasteiger partial charge is 0.417 e. The molecule has 14 heavy (non-hydrogen) atoms. The molecule has 0 aromatic carbocycles. The lowest BCUT2D eigenvalue weighted by Crippen LogP contribution is -2.54. The van der Waals surface area contributed by atoms with Gasteiger partial charge in [-0.3, -0.25) is 0 Å². The number of hydrogen-bond acceptors (Lipinski definition) is 1. The number of alkyl halides is 3. The second-order valence-electron chi connectivity index (χ2n) is 4.63. The van der Waals surface area contributed by atoms with Crippen LogP contribution in [0.4, 0.5) is 13.2 Å². The van der Waals surface area contributed by atoms with Crippen molar-refractivity contribution >= 4 is 0 Å². The van der Waals surface area contributed by atoms with Crippen LogP contribution in [0.2, 0.25) is 0 Å². The minimum absolute atomic E-state index is 0.132. The normalized spacial score (nSPS) is 18.0. The van der Waals surface area contributed by atoms with Crippen molar-refractivity contribution in [3.8, 4) is 0 Å². The zero-order chi connectivity index (χ0) is 11.6. The van der Waals surface area contributed by atoms with E-state index in [9.17, 15) is 13.2 Å². The molecule has 1 unspecified atom stereocenters. The van der Waals surface area contributed by atoms with Crippen molar-refractivity contribution in [1.29, 1.82) is 0 Å². The summed E-state index contributed by atoms with van der Waals surface area (Å²) >= 11 is 0. The fourth-order valence-electron chi connectivity index (χ4n) is 1.03. The Kier molecular flexibility index (Phi) is 4.02. The highest BCUT2D eigenvalue weighted by Gasteiger charge is 2.59. The molecule has 0 aromatic heterocycles. The Balaban J connectivity index is 4.87. The summed E-state index contributed by atoms with van der Waals surface area (Å²) in [5.41, 5.74) is -3.03. The number of hydrogen-bond donors (Lipinski definition) is 0. The van der Waals surface area contributed by atoms with Gasteiger partial charge in [-0.05, 0) is 18.8 Å². The minimum Gasteiger partial charge on any atom is -0.365 e. The zero-order valence-electron chi connectivity index (χ0n) is 9.46. The second-order valence-corrected chi connectivity index (χ2v) is 4.63. The van der Waals surface area contributed by atoms with Gasteiger partial charge in [0.05, 0.1) is 0 Å². The van der Waals surface area contributed by atoms with Crippen molar-refractivity contribution in [1.82, 2.24) is 0 Å². The first-order chi connectivity index (χ1) is 6.06. The molecule has 1 atom stereocenters. The maximum absolute atomic E-state index is 12.8. The number of halogens is 3. The standard InChI is InChI=1S/C10H19F3O/c1-6-7-14-9(5,8(2,3)4)10(11,12)13/h6-7H2,1-5H3. The van der Waals surface area contributed by atoms with E-state index in [1.54, 1.807) is 6.92 Å². The van der Waals surface area contributed by atoms with Crippen molar-refractivity contribution in [2.24, 2.45) is 5.41 Å². The summed E-state index contributed by atoms with van der Waals surface area (Å²) < 4.78 is 43.4. The number of ether oxygens (including phenoxy) is 1. The van der Waals surface area contributed by atoms with Gasteiger partial charge in [0, 0.05) is 6.61 Å². The summed E-state index contributed by atoms with van der Waals surface area (Å²) in [6.45, 7) is 7.65. The molecule has 86 valence electrons. The van der Waals surface area contributed by atoms with E-state index in [1.807, 2.05) is 0 Å². The van der Waals surface area contributed by atoms with Crippen LogP contribution in [0.3, 0.4) is 0 Å². The molecule has 0 radical (unpaired) electrons. The lowest BCUT2D eigenvalue weighted by molar-refractivity contribution is -0.304. The summed E-state index contributed by atoms with van der Waals surface area (Å²) in [6, 6.07) is 0. The van der Waals surface area contributed by atoms with Crippen LogP contribution in [0.15, 0.2) is 0 Å². The highest BCUT2D eigenvalue weighted by atomic mass is 19.4. The molecule has 0 rings (SSSR count). The van der Waals surface area contributed by atoms with E-state index < -0.39 is 17.2 Å². The Morgan fingerprint density at radius 1 is 1.00 bits per heavy atom. The lowest BCUT2D eigenvalue weighted by Gasteiger charge is -2.42. The molecule has 0 saturated carbocycles. The van der Waals surface area contributed by atoms with E-state index in [0.717, 1.165) is 6.92 Å². The smallest absolute Gasteiger partial charge is 0.365 e. The Morgan fingerprint density at radius 3 is 1.64 bits per heavy atom. The van der Waals surface area contributed by atoms with Crippen LogP contribution < -0.4 is 0 Å². The summed E-state index contributed by atoms with van der Waals surface area (Å²) in [5.74, 6) is 0. The molecule has 0 amide bonds. The third kappa shape index (κ3) is 2.62. The Labute approximate surface area is 83.6 Å². The van der Waals surface area contributed by atoms with E-state index in [1.165, 1.54) is 20.8 Å². The summed E-state index contributed by atoms with van der Waals surface area (Å²) in [6.07, 6.45) is -3.75. The van der Waals surface area contributed by atoms with Crippen LogP contribution in [-0.4, -0.2) is 18.4 Å².